The minimum atomic E-state index is -1.31. The van der Waals surface area contributed by atoms with E-state index in [9.17, 15) is 23.2 Å². The van der Waals surface area contributed by atoms with E-state index in [0.717, 1.165) is 12.8 Å². The highest BCUT2D eigenvalue weighted by atomic mass is 19.1. The lowest BCUT2D eigenvalue weighted by Crippen LogP contribution is -2.54. The number of halogens is 2. The fourth-order valence-electron chi connectivity index (χ4n) is 2.78. The van der Waals surface area contributed by atoms with Crippen LogP contribution in [0.25, 0.3) is 0 Å². The molecule has 0 spiro atoms. The second-order valence-corrected chi connectivity index (χ2v) is 6.99. The molecule has 1 saturated heterocycles. The molecule has 1 aliphatic heterocycles. The third-order valence-electron chi connectivity index (χ3n) is 4.52. The molecule has 1 aromatic heterocycles. The van der Waals surface area contributed by atoms with Crippen molar-refractivity contribution in [3.05, 3.63) is 11.7 Å². The van der Waals surface area contributed by atoms with Gasteiger partial charge in [-0.15, -0.1) is 0 Å². The van der Waals surface area contributed by atoms with Gasteiger partial charge in [0.05, 0.1) is 33.1 Å². The number of alkyl halides is 2. The Kier molecular flexibility index (Phi) is 12.4. The zero-order valence-corrected chi connectivity index (χ0v) is 19.0. The van der Waals surface area contributed by atoms with Gasteiger partial charge in [0.2, 0.25) is 11.7 Å². The molecule has 2 fully saturated rings. The summed E-state index contributed by atoms with van der Waals surface area (Å²) in [7, 11) is 0.500. The van der Waals surface area contributed by atoms with E-state index in [-0.39, 0.29) is 24.8 Å². The lowest BCUT2D eigenvalue weighted by atomic mass is 10.1. The van der Waals surface area contributed by atoms with Crippen molar-refractivity contribution < 1.29 is 32.4 Å². The van der Waals surface area contributed by atoms with Gasteiger partial charge in [0.1, 0.15) is 6.04 Å². The topological polar surface area (TPSA) is 127 Å². The van der Waals surface area contributed by atoms with Gasteiger partial charge in [-0.3, -0.25) is 14.0 Å². The number of ketones is 1. The van der Waals surface area contributed by atoms with Crippen LogP contribution in [-0.4, -0.2) is 85.0 Å². The zero-order chi connectivity index (χ0) is 24.1. The number of carbonyl (C=O) groups is 3. The maximum Gasteiger partial charge on any atom is 0.318 e. The molecule has 32 heavy (non-hydrogen) atoms. The molecule has 182 valence electrons. The minimum absolute atomic E-state index is 0.171. The lowest BCUT2D eigenvalue weighted by Gasteiger charge is -2.29. The van der Waals surface area contributed by atoms with Crippen molar-refractivity contribution in [2.45, 2.75) is 58.2 Å². The van der Waals surface area contributed by atoms with Gasteiger partial charge in [-0.05, 0) is 19.8 Å². The summed E-state index contributed by atoms with van der Waals surface area (Å²) in [6, 6.07) is -1.57. The van der Waals surface area contributed by atoms with Gasteiger partial charge >= 0.3 is 6.03 Å². The summed E-state index contributed by atoms with van der Waals surface area (Å²) >= 11 is 0. The van der Waals surface area contributed by atoms with Gasteiger partial charge in [0.15, 0.2) is 5.82 Å². The molecular formula is C20H33F2N5O5. The largest absolute Gasteiger partial charge is 0.378 e. The summed E-state index contributed by atoms with van der Waals surface area (Å²) in [6.07, 6.45) is 0.419. The highest BCUT2D eigenvalue weighted by Gasteiger charge is 2.31. The van der Waals surface area contributed by atoms with Crippen molar-refractivity contribution >= 4 is 17.7 Å². The minimum Gasteiger partial charge on any atom is -0.378 e. The van der Waals surface area contributed by atoms with Crippen LogP contribution in [0.2, 0.25) is 0 Å². The molecular weight excluding hydrogens is 428 g/mol. The molecule has 0 aromatic carbocycles. The summed E-state index contributed by atoms with van der Waals surface area (Å²) in [5, 5.41) is 8.68. The number of ether oxygens (including phenoxy) is 1. The van der Waals surface area contributed by atoms with Crippen LogP contribution >= 0.6 is 0 Å². The molecule has 0 bridgehead atoms. The second-order valence-electron chi connectivity index (χ2n) is 6.99. The summed E-state index contributed by atoms with van der Waals surface area (Å²) < 4.78 is 33.1. The van der Waals surface area contributed by atoms with Crippen molar-refractivity contribution in [3.63, 3.8) is 0 Å². The van der Waals surface area contributed by atoms with Crippen LogP contribution in [0.1, 0.15) is 62.5 Å². The summed E-state index contributed by atoms with van der Waals surface area (Å²) in [4.78, 5) is 42.3. The van der Waals surface area contributed by atoms with E-state index in [2.05, 4.69) is 20.8 Å². The third kappa shape index (κ3) is 8.85. The number of morpholine rings is 1. The molecule has 10 nitrogen and oxygen atoms in total. The van der Waals surface area contributed by atoms with Crippen LogP contribution in [0.3, 0.4) is 0 Å². The molecule has 1 aromatic rings. The Bertz CT molecular complexity index is 721. The molecule has 3 amide bonds. The normalized spacial score (nSPS) is 17.0. The number of carbonyl (C=O) groups excluding carboxylic acids is 3. The van der Waals surface area contributed by atoms with Crippen LogP contribution in [-0.2, 0) is 9.53 Å². The summed E-state index contributed by atoms with van der Waals surface area (Å²) in [5.74, 6) is -0.627. The van der Waals surface area contributed by atoms with Gasteiger partial charge < -0.3 is 24.8 Å². The van der Waals surface area contributed by atoms with Gasteiger partial charge in [0.25, 0.3) is 5.89 Å². The van der Waals surface area contributed by atoms with E-state index in [1.165, 1.54) is 11.8 Å². The number of hydrogen-bond donors (Lipinski definition) is 2. The van der Waals surface area contributed by atoms with Crippen molar-refractivity contribution in [3.8, 4) is 0 Å². The quantitative estimate of drug-likeness (QED) is 0.567. The Morgan fingerprint density at radius 1 is 1.19 bits per heavy atom. The maximum atomic E-state index is 13.5. The molecule has 1 aliphatic carbocycles. The van der Waals surface area contributed by atoms with Gasteiger partial charge in [-0.2, -0.15) is 4.98 Å². The SMILES string of the molecule is CC.CC(F)C[C@H](NC(=O)N1CCOCC1)C(=O)NCC(=O)c1nc(C2CC2)no1.CF. The van der Waals surface area contributed by atoms with E-state index in [0.29, 0.717) is 39.3 Å². The molecule has 12 heteroatoms. The number of nitrogens with zero attached hydrogens (tertiary/aromatic N) is 3. The van der Waals surface area contributed by atoms with Crippen LogP contribution in [0, 0.1) is 0 Å². The van der Waals surface area contributed by atoms with Crippen LogP contribution in [0.4, 0.5) is 13.6 Å². The molecule has 2 N–H and O–H groups in total. The van der Waals surface area contributed by atoms with E-state index in [1.807, 2.05) is 13.8 Å². The number of urea groups is 1. The number of Topliss-reactive ketones (excluding diaryl/α,β-unsaturated/α-hetero) is 1. The maximum absolute atomic E-state index is 13.5. The highest BCUT2D eigenvalue weighted by molar-refractivity contribution is 5.96. The molecule has 2 heterocycles. The Morgan fingerprint density at radius 3 is 2.38 bits per heavy atom. The monoisotopic (exact) mass is 461 g/mol. The second kappa shape index (κ2) is 14.4. The first-order chi connectivity index (χ1) is 15.4. The van der Waals surface area contributed by atoms with Crippen molar-refractivity contribution in [2.75, 3.05) is 40.0 Å². The van der Waals surface area contributed by atoms with Gasteiger partial charge in [-0.25, -0.2) is 9.18 Å². The van der Waals surface area contributed by atoms with Crippen molar-refractivity contribution in [2.24, 2.45) is 0 Å². The molecule has 3 rings (SSSR count). The predicted molar refractivity (Wildman–Crippen MR) is 112 cm³/mol. The average molecular weight is 462 g/mol. The first-order valence-corrected chi connectivity index (χ1v) is 10.7. The van der Waals surface area contributed by atoms with Crippen LogP contribution in [0.5, 0.6) is 0 Å². The van der Waals surface area contributed by atoms with E-state index in [1.54, 1.807) is 0 Å². The molecule has 1 unspecified atom stereocenters. The molecule has 2 aliphatic rings. The van der Waals surface area contributed by atoms with Crippen molar-refractivity contribution in [1.29, 1.82) is 0 Å². The zero-order valence-electron chi connectivity index (χ0n) is 19.0. The summed E-state index contributed by atoms with van der Waals surface area (Å²) in [6.45, 7) is 6.52. The number of rotatable bonds is 8. The number of nitrogens with one attached hydrogen (secondary N) is 2. The third-order valence-corrected chi connectivity index (χ3v) is 4.52. The fraction of sp³-hybridized carbons (Fsp3) is 0.750. The number of amides is 3. The lowest BCUT2D eigenvalue weighted by molar-refractivity contribution is -0.123. The first-order valence-electron chi connectivity index (χ1n) is 10.7. The van der Waals surface area contributed by atoms with E-state index in [4.69, 9.17) is 9.26 Å². The molecule has 2 atom stereocenters. The predicted octanol–water partition coefficient (Wildman–Crippen LogP) is 2.02. The Balaban J connectivity index is 0.00000121. The van der Waals surface area contributed by atoms with Crippen LogP contribution in [0.15, 0.2) is 4.52 Å². The van der Waals surface area contributed by atoms with Crippen molar-refractivity contribution in [1.82, 2.24) is 25.7 Å². The van der Waals surface area contributed by atoms with Crippen LogP contribution < -0.4 is 10.6 Å². The van der Waals surface area contributed by atoms with Gasteiger partial charge in [0, 0.05) is 25.4 Å². The Labute approximate surface area is 186 Å². The Morgan fingerprint density at radius 2 is 1.81 bits per heavy atom. The number of aromatic nitrogens is 2. The number of hydrogen-bond acceptors (Lipinski definition) is 7. The van der Waals surface area contributed by atoms with E-state index >= 15 is 0 Å². The molecule has 1 saturated carbocycles. The summed E-state index contributed by atoms with van der Waals surface area (Å²) in [5.41, 5.74) is 0. The fourth-order valence-corrected chi connectivity index (χ4v) is 2.78. The average Bonchev–Trinajstić information content (AvgIpc) is 3.56. The smallest absolute Gasteiger partial charge is 0.318 e. The van der Waals surface area contributed by atoms with E-state index < -0.39 is 29.9 Å². The molecule has 0 radical (unpaired) electrons. The standard InChI is InChI=1S/C17H24FN5O5.C2H6.CH3F/c1-10(18)8-12(20-17(26)23-4-6-27-7-5-23)15(25)19-9-13(24)16-21-14(22-28-16)11-2-3-11;2*1-2/h10-12H,2-9H2,1H3,(H,19,25)(H,20,26);1-2H3;1H3/t10?,12-;;/m0../s1. The first kappa shape index (κ1) is 27.4. The van der Waals surface area contributed by atoms with Gasteiger partial charge in [-0.1, -0.05) is 19.0 Å². The highest BCUT2D eigenvalue weighted by Crippen LogP contribution is 2.38. The Hall–Kier alpha value is -2.63.